The molecule has 3 heterocycles. The van der Waals surface area contributed by atoms with Gasteiger partial charge in [-0.15, -0.1) is 0 Å². The molecule has 2 saturated heterocycles. The predicted octanol–water partition coefficient (Wildman–Crippen LogP) is 4.37. The largest absolute Gasteiger partial charge is 0.416 e. The van der Waals surface area contributed by atoms with E-state index >= 15 is 0 Å². The Labute approximate surface area is 172 Å². The van der Waals surface area contributed by atoms with E-state index in [2.05, 4.69) is 5.10 Å². The first kappa shape index (κ1) is 19.6. The number of alkyl halides is 3. The molecule has 30 heavy (non-hydrogen) atoms. The standard InChI is InChI=1S/C22H24F3N3O2/c1-14-11-17(26-28(14)16-6-2-5-15(12-16)22(23,24)25)20(29)27-13-21(8-4-9-21)19(27)18-7-3-10-30-18/h2,5-6,11-12,18-19H,3-4,7-10,13H2,1H3/t18-,19-/m0/s1. The van der Waals surface area contributed by atoms with Crippen molar-refractivity contribution in [2.24, 2.45) is 5.41 Å². The molecule has 2 aliphatic heterocycles. The first-order valence-corrected chi connectivity index (χ1v) is 10.5. The Morgan fingerprint density at radius 3 is 2.67 bits per heavy atom. The van der Waals surface area contributed by atoms with Gasteiger partial charge in [-0.05, 0) is 56.9 Å². The van der Waals surface area contributed by atoms with Crippen molar-refractivity contribution in [3.8, 4) is 5.69 Å². The fourth-order valence-electron chi connectivity index (χ4n) is 5.28. The Balaban J connectivity index is 1.41. The lowest BCUT2D eigenvalue weighted by molar-refractivity contribution is -0.150. The molecule has 1 amide bonds. The molecule has 0 bridgehead atoms. The Morgan fingerprint density at radius 2 is 2.03 bits per heavy atom. The number of benzene rings is 1. The van der Waals surface area contributed by atoms with Crippen LogP contribution in [0.3, 0.4) is 0 Å². The molecule has 0 radical (unpaired) electrons. The highest BCUT2D eigenvalue weighted by Gasteiger charge is 2.60. The maximum atomic E-state index is 13.3. The molecule has 1 spiro atoms. The SMILES string of the molecule is Cc1cc(C(=O)N2CC3(CCC3)[C@@H]2[C@@H]2CCCO2)nn1-c1cccc(C(F)(F)F)c1. The Bertz CT molecular complexity index is 974. The zero-order chi connectivity index (χ0) is 21.1. The summed E-state index contributed by atoms with van der Waals surface area (Å²) >= 11 is 0. The molecule has 1 aromatic heterocycles. The molecule has 0 N–H and O–H groups in total. The number of amides is 1. The fraction of sp³-hybridized carbons (Fsp3) is 0.545. The van der Waals surface area contributed by atoms with Gasteiger partial charge in [-0.1, -0.05) is 12.5 Å². The quantitative estimate of drug-likeness (QED) is 0.742. The van der Waals surface area contributed by atoms with Gasteiger partial charge in [-0.3, -0.25) is 4.79 Å². The van der Waals surface area contributed by atoms with Crippen molar-refractivity contribution in [1.82, 2.24) is 14.7 Å². The summed E-state index contributed by atoms with van der Waals surface area (Å²) in [6, 6.07) is 6.73. The molecule has 8 heteroatoms. The van der Waals surface area contributed by atoms with E-state index in [4.69, 9.17) is 4.74 Å². The van der Waals surface area contributed by atoms with Crippen molar-refractivity contribution >= 4 is 5.91 Å². The van der Waals surface area contributed by atoms with Crippen molar-refractivity contribution in [2.75, 3.05) is 13.2 Å². The number of nitrogens with zero attached hydrogens (tertiary/aromatic N) is 3. The Hall–Kier alpha value is -2.35. The van der Waals surface area contributed by atoms with Crippen molar-refractivity contribution in [1.29, 1.82) is 0 Å². The van der Waals surface area contributed by atoms with Crippen LogP contribution in [0.25, 0.3) is 5.69 Å². The van der Waals surface area contributed by atoms with Gasteiger partial charge >= 0.3 is 6.18 Å². The number of rotatable bonds is 3. The zero-order valence-corrected chi connectivity index (χ0v) is 16.8. The molecule has 160 valence electrons. The average molecular weight is 419 g/mol. The van der Waals surface area contributed by atoms with Crippen LogP contribution in [0, 0.1) is 12.3 Å². The number of ether oxygens (including phenoxy) is 1. The van der Waals surface area contributed by atoms with Gasteiger partial charge in [-0.2, -0.15) is 18.3 Å². The summed E-state index contributed by atoms with van der Waals surface area (Å²) in [5.41, 5.74) is 0.614. The number of hydrogen-bond acceptors (Lipinski definition) is 3. The highest BCUT2D eigenvalue weighted by atomic mass is 19.4. The van der Waals surface area contributed by atoms with E-state index in [0.717, 1.165) is 44.4 Å². The minimum atomic E-state index is -4.43. The smallest absolute Gasteiger partial charge is 0.376 e. The molecule has 2 atom stereocenters. The monoisotopic (exact) mass is 419 g/mol. The Kier molecular flexibility index (Phi) is 4.47. The normalized spacial score (nSPS) is 25.3. The van der Waals surface area contributed by atoms with Gasteiger partial charge in [0.25, 0.3) is 5.91 Å². The summed E-state index contributed by atoms with van der Waals surface area (Å²) < 4.78 is 46.6. The minimum Gasteiger partial charge on any atom is -0.376 e. The lowest BCUT2D eigenvalue weighted by Crippen LogP contribution is -2.72. The second-order valence-corrected chi connectivity index (χ2v) is 8.78. The van der Waals surface area contributed by atoms with Gasteiger partial charge < -0.3 is 9.64 Å². The van der Waals surface area contributed by atoms with Gasteiger partial charge in [-0.25, -0.2) is 4.68 Å². The average Bonchev–Trinajstić information content (AvgIpc) is 3.29. The van der Waals surface area contributed by atoms with Crippen LogP contribution in [0.1, 0.15) is 53.8 Å². The van der Waals surface area contributed by atoms with E-state index in [-0.39, 0.29) is 34.8 Å². The lowest BCUT2D eigenvalue weighted by atomic mass is 9.56. The second kappa shape index (κ2) is 6.83. The molecular weight excluding hydrogens is 395 g/mol. The third-order valence-corrected chi connectivity index (χ3v) is 6.90. The van der Waals surface area contributed by atoms with E-state index < -0.39 is 11.7 Å². The van der Waals surface area contributed by atoms with Crippen molar-refractivity contribution in [3.63, 3.8) is 0 Å². The van der Waals surface area contributed by atoms with Crippen LogP contribution in [-0.2, 0) is 10.9 Å². The minimum absolute atomic E-state index is 0.0784. The molecule has 3 aliphatic rings. The number of carbonyl (C=O) groups excluding carboxylic acids is 1. The summed E-state index contributed by atoms with van der Waals surface area (Å²) in [6.45, 7) is 3.19. The molecule has 1 aliphatic carbocycles. The van der Waals surface area contributed by atoms with Crippen LogP contribution >= 0.6 is 0 Å². The summed E-state index contributed by atoms with van der Waals surface area (Å²) in [5.74, 6) is -0.165. The van der Waals surface area contributed by atoms with Crippen LogP contribution in [0.15, 0.2) is 30.3 Å². The van der Waals surface area contributed by atoms with E-state index in [0.29, 0.717) is 12.2 Å². The third kappa shape index (κ3) is 3.04. The molecular formula is C22H24F3N3O2. The molecule has 1 aromatic carbocycles. The molecule has 5 rings (SSSR count). The number of halogens is 3. The lowest BCUT2D eigenvalue weighted by Gasteiger charge is -2.63. The summed E-state index contributed by atoms with van der Waals surface area (Å²) in [6.07, 6.45) is 1.07. The molecule has 5 nitrogen and oxygen atoms in total. The van der Waals surface area contributed by atoms with Crippen LogP contribution in [0.5, 0.6) is 0 Å². The summed E-state index contributed by atoms with van der Waals surface area (Å²) in [7, 11) is 0. The second-order valence-electron chi connectivity index (χ2n) is 8.78. The van der Waals surface area contributed by atoms with Gasteiger partial charge in [0.05, 0.1) is 23.4 Å². The maximum absolute atomic E-state index is 13.3. The molecule has 0 unspecified atom stereocenters. The van der Waals surface area contributed by atoms with Crippen LogP contribution in [0.4, 0.5) is 13.2 Å². The highest BCUT2D eigenvalue weighted by Crippen LogP contribution is 2.55. The molecule has 3 fully saturated rings. The molecule has 1 saturated carbocycles. The number of aryl methyl sites for hydroxylation is 1. The highest BCUT2D eigenvalue weighted by molar-refractivity contribution is 5.93. The van der Waals surface area contributed by atoms with Gasteiger partial charge in [0.2, 0.25) is 0 Å². The van der Waals surface area contributed by atoms with Gasteiger partial charge in [0.15, 0.2) is 5.69 Å². The van der Waals surface area contributed by atoms with E-state index in [1.807, 2.05) is 4.90 Å². The predicted molar refractivity (Wildman–Crippen MR) is 103 cm³/mol. The van der Waals surface area contributed by atoms with Crippen LogP contribution in [-0.4, -0.2) is 45.9 Å². The zero-order valence-electron chi connectivity index (χ0n) is 16.8. The first-order chi connectivity index (χ1) is 14.3. The maximum Gasteiger partial charge on any atom is 0.416 e. The van der Waals surface area contributed by atoms with Crippen molar-refractivity contribution in [2.45, 2.75) is 57.3 Å². The summed E-state index contributed by atoms with van der Waals surface area (Å²) in [4.78, 5) is 15.1. The van der Waals surface area contributed by atoms with Gasteiger partial charge in [0, 0.05) is 24.3 Å². The first-order valence-electron chi connectivity index (χ1n) is 10.5. The van der Waals surface area contributed by atoms with E-state index in [1.54, 1.807) is 19.1 Å². The van der Waals surface area contributed by atoms with Crippen molar-refractivity contribution < 1.29 is 22.7 Å². The topological polar surface area (TPSA) is 47.4 Å². The van der Waals surface area contributed by atoms with E-state index in [9.17, 15) is 18.0 Å². The molecule has 2 aromatic rings. The van der Waals surface area contributed by atoms with Crippen LogP contribution in [0.2, 0.25) is 0 Å². The van der Waals surface area contributed by atoms with Crippen LogP contribution < -0.4 is 0 Å². The number of aromatic nitrogens is 2. The van der Waals surface area contributed by atoms with E-state index in [1.165, 1.54) is 17.2 Å². The number of likely N-dealkylation sites (tertiary alicyclic amines) is 1. The fourth-order valence-corrected chi connectivity index (χ4v) is 5.28. The van der Waals surface area contributed by atoms with Crippen molar-refractivity contribution in [3.05, 3.63) is 47.3 Å². The number of carbonyl (C=O) groups is 1. The van der Waals surface area contributed by atoms with Gasteiger partial charge in [0.1, 0.15) is 0 Å². The summed E-state index contributed by atoms with van der Waals surface area (Å²) in [5, 5.41) is 4.38. The third-order valence-electron chi connectivity index (χ3n) is 6.90. The number of hydrogen-bond donors (Lipinski definition) is 0. The Morgan fingerprint density at radius 1 is 1.23 bits per heavy atom.